The van der Waals surface area contributed by atoms with Gasteiger partial charge in [-0.2, -0.15) is 0 Å². The van der Waals surface area contributed by atoms with Gasteiger partial charge in [-0.1, -0.05) is 0 Å². The minimum atomic E-state index is -1.01. The van der Waals surface area contributed by atoms with Gasteiger partial charge in [-0.25, -0.2) is 4.79 Å². The van der Waals surface area contributed by atoms with Crippen LogP contribution in [0, 0.1) is 13.8 Å². The highest BCUT2D eigenvalue weighted by Crippen LogP contribution is 2.35. The molecule has 3 heterocycles. The van der Waals surface area contributed by atoms with Crippen LogP contribution in [0.1, 0.15) is 27.3 Å². The van der Waals surface area contributed by atoms with Crippen LogP contribution in [-0.4, -0.2) is 50.9 Å². The van der Waals surface area contributed by atoms with Crippen molar-refractivity contribution in [3.63, 3.8) is 0 Å². The Labute approximate surface area is 215 Å². The van der Waals surface area contributed by atoms with Gasteiger partial charge in [0.05, 0.1) is 10.5 Å². The molecule has 1 saturated heterocycles. The van der Waals surface area contributed by atoms with E-state index in [0.29, 0.717) is 17.2 Å². The molecular formula is C26H21N3O7S. The second-order valence-electron chi connectivity index (χ2n) is 8.40. The number of nitrogens with zero attached hydrogens (tertiary/aromatic N) is 2. The van der Waals surface area contributed by atoms with Crippen molar-refractivity contribution in [2.24, 2.45) is 0 Å². The lowest BCUT2D eigenvalue weighted by molar-refractivity contribution is -0.127. The van der Waals surface area contributed by atoms with Crippen LogP contribution in [0.3, 0.4) is 0 Å². The van der Waals surface area contributed by atoms with Gasteiger partial charge >= 0.3 is 5.97 Å². The number of hydrogen-bond acceptors (Lipinski definition) is 7. The van der Waals surface area contributed by atoms with Gasteiger partial charge in [0, 0.05) is 28.8 Å². The highest BCUT2D eigenvalue weighted by Gasteiger charge is 2.36. The molecule has 0 bridgehead atoms. The lowest BCUT2D eigenvalue weighted by Gasteiger charge is -2.12. The Morgan fingerprint density at radius 2 is 1.78 bits per heavy atom. The molecule has 0 saturated carbocycles. The lowest BCUT2D eigenvalue weighted by Crippen LogP contribution is -2.36. The number of benzene rings is 2. The van der Waals surface area contributed by atoms with E-state index < -0.39 is 29.6 Å². The number of thioether (sulfide) groups is 1. The van der Waals surface area contributed by atoms with Crippen LogP contribution in [0.15, 0.2) is 53.4 Å². The van der Waals surface area contributed by atoms with Crippen molar-refractivity contribution in [2.75, 3.05) is 18.7 Å². The predicted molar refractivity (Wildman–Crippen MR) is 136 cm³/mol. The molecule has 2 aliphatic rings. The maximum atomic E-state index is 13.0. The molecule has 1 aromatic heterocycles. The molecule has 10 nitrogen and oxygen atoms in total. The zero-order valence-corrected chi connectivity index (χ0v) is 20.6. The Balaban J connectivity index is 1.31. The standard InChI is InChI=1S/C26H21N3O7S/c1-14-9-17(15(2)29(14)19-6-3-16(4-7-19)25(32)33)10-22-24(31)28(26(34)37-22)12-23(30)27-18-5-8-20-21(11-18)36-13-35-20/h3-11H,12-13H2,1-2H3,(H,27,30)(H,32,33)/b22-10+. The number of anilines is 1. The van der Waals surface area contributed by atoms with Crippen molar-refractivity contribution in [3.05, 3.63) is 76.0 Å². The van der Waals surface area contributed by atoms with Gasteiger partial charge in [0.25, 0.3) is 11.1 Å². The molecule has 0 aliphatic carbocycles. The summed E-state index contributed by atoms with van der Waals surface area (Å²) in [6.45, 7) is 3.44. The highest BCUT2D eigenvalue weighted by molar-refractivity contribution is 8.18. The van der Waals surface area contributed by atoms with Gasteiger partial charge in [0.2, 0.25) is 12.7 Å². The molecule has 3 aromatic rings. The van der Waals surface area contributed by atoms with Crippen LogP contribution in [0.5, 0.6) is 11.5 Å². The fraction of sp³-hybridized carbons (Fsp3) is 0.154. The maximum absolute atomic E-state index is 13.0. The van der Waals surface area contributed by atoms with E-state index in [2.05, 4.69) is 5.32 Å². The van der Waals surface area contributed by atoms with Crippen molar-refractivity contribution in [2.45, 2.75) is 13.8 Å². The first-order valence-electron chi connectivity index (χ1n) is 11.2. The number of imide groups is 1. The third kappa shape index (κ3) is 4.68. The third-order valence-corrected chi connectivity index (χ3v) is 6.87. The van der Waals surface area contributed by atoms with Crippen LogP contribution in [0.2, 0.25) is 0 Å². The number of rotatable bonds is 6. The number of nitrogens with one attached hydrogen (secondary N) is 1. The first kappa shape index (κ1) is 24.2. The van der Waals surface area contributed by atoms with Crippen LogP contribution in [0.25, 0.3) is 11.8 Å². The number of carboxylic acids is 1. The number of aromatic nitrogens is 1. The maximum Gasteiger partial charge on any atom is 0.335 e. The summed E-state index contributed by atoms with van der Waals surface area (Å²) >= 11 is 0.773. The molecule has 2 aromatic carbocycles. The molecule has 37 heavy (non-hydrogen) atoms. The number of amides is 3. The number of fused-ring (bicyclic) bond motifs is 1. The third-order valence-electron chi connectivity index (χ3n) is 5.96. The molecule has 0 radical (unpaired) electrons. The number of hydrogen-bond donors (Lipinski definition) is 2. The largest absolute Gasteiger partial charge is 0.478 e. The van der Waals surface area contributed by atoms with Crippen molar-refractivity contribution in [3.8, 4) is 17.2 Å². The number of aryl methyl sites for hydroxylation is 1. The van der Waals surface area contributed by atoms with Gasteiger partial charge in [0.1, 0.15) is 6.54 Å². The summed E-state index contributed by atoms with van der Waals surface area (Å²) in [5, 5.41) is 11.3. The molecule has 2 aliphatic heterocycles. The zero-order valence-electron chi connectivity index (χ0n) is 19.8. The summed E-state index contributed by atoms with van der Waals surface area (Å²) in [7, 11) is 0. The fourth-order valence-electron chi connectivity index (χ4n) is 4.18. The first-order chi connectivity index (χ1) is 17.7. The number of carbonyl (C=O) groups excluding carboxylic acids is 3. The lowest BCUT2D eigenvalue weighted by atomic mass is 10.2. The van der Waals surface area contributed by atoms with E-state index >= 15 is 0 Å². The normalized spacial score (nSPS) is 15.5. The molecule has 0 spiro atoms. The summed E-state index contributed by atoms with van der Waals surface area (Å²) in [6.07, 6.45) is 1.63. The van der Waals surface area contributed by atoms with Gasteiger partial charge in [-0.15, -0.1) is 0 Å². The molecule has 2 N–H and O–H groups in total. The quantitative estimate of drug-likeness (QED) is 0.464. The summed E-state index contributed by atoms with van der Waals surface area (Å²) in [6, 6.07) is 13.3. The Morgan fingerprint density at radius 3 is 2.51 bits per heavy atom. The van der Waals surface area contributed by atoms with Gasteiger partial charge in [-0.3, -0.25) is 19.3 Å². The molecule has 5 rings (SSSR count). The number of ether oxygens (including phenoxy) is 2. The monoisotopic (exact) mass is 519 g/mol. The Bertz CT molecular complexity index is 1490. The molecule has 0 unspecified atom stereocenters. The van der Waals surface area contributed by atoms with E-state index in [0.717, 1.165) is 39.3 Å². The van der Waals surface area contributed by atoms with Crippen molar-refractivity contribution in [1.29, 1.82) is 0 Å². The minimum Gasteiger partial charge on any atom is -0.478 e. The molecule has 0 atom stereocenters. The van der Waals surface area contributed by atoms with Crippen molar-refractivity contribution in [1.82, 2.24) is 9.47 Å². The second-order valence-corrected chi connectivity index (χ2v) is 9.39. The fourth-order valence-corrected chi connectivity index (χ4v) is 5.01. The molecular weight excluding hydrogens is 498 g/mol. The van der Waals surface area contributed by atoms with Crippen LogP contribution >= 0.6 is 11.8 Å². The molecule has 1 fully saturated rings. The topological polar surface area (TPSA) is 127 Å². The smallest absolute Gasteiger partial charge is 0.335 e. The first-order valence-corrected chi connectivity index (χ1v) is 12.0. The molecule has 11 heteroatoms. The van der Waals surface area contributed by atoms with Crippen molar-refractivity contribution < 1.29 is 33.8 Å². The van der Waals surface area contributed by atoms with Gasteiger partial charge < -0.3 is 24.5 Å². The number of carboxylic acid groups (broad SMARTS) is 1. The van der Waals surface area contributed by atoms with Crippen molar-refractivity contribution >= 4 is 46.5 Å². The minimum absolute atomic E-state index is 0.106. The number of aromatic carboxylic acids is 1. The molecule has 188 valence electrons. The SMILES string of the molecule is Cc1cc(/C=C2/SC(=O)N(CC(=O)Nc3ccc4c(c3)OCO4)C2=O)c(C)n1-c1ccc(C(=O)O)cc1. The van der Waals surface area contributed by atoms with E-state index in [1.165, 1.54) is 12.1 Å². The Morgan fingerprint density at radius 1 is 1.05 bits per heavy atom. The molecule has 3 amide bonds. The number of carbonyl (C=O) groups is 4. The zero-order chi connectivity index (χ0) is 26.3. The van der Waals surface area contributed by atoms with E-state index in [1.807, 2.05) is 24.5 Å². The van der Waals surface area contributed by atoms with Gasteiger partial charge in [-0.05, 0) is 79.7 Å². The van der Waals surface area contributed by atoms with E-state index in [4.69, 9.17) is 14.6 Å². The van der Waals surface area contributed by atoms with E-state index in [1.54, 1.807) is 36.4 Å². The Kier molecular flexibility index (Phi) is 6.22. The van der Waals surface area contributed by atoms with Gasteiger partial charge in [0.15, 0.2) is 11.5 Å². The highest BCUT2D eigenvalue weighted by atomic mass is 32.2. The van der Waals surface area contributed by atoms with Crippen LogP contribution in [-0.2, 0) is 9.59 Å². The summed E-state index contributed by atoms with van der Waals surface area (Å²) in [4.78, 5) is 50.3. The van der Waals surface area contributed by atoms with E-state index in [9.17, 15) is 19.2 Å². The summed E-state index contributed by atoms with van der Waals surface area (Å²) in [5.41, 5.74) is 3.83. The average Bonchev–Trinajstić information content (AvgIpc) is 3.51. The predicted octanol–water partition coefficient (Wildman–Crippen LogP) is 4.20. The summed E-state index contributed by atoms with van der Waals surface area (Å²) in [5.74, 6) is -1.00. The van der Waals surface area contributed by atoms with E-state index in [-0.39, 0.29) is 17.3 Å². The summed E-state index contributed by atoms with van der Waals surface area (Å²) < 4.78 is 12.5. The Hall–Kier alpha value is -4.51. The van der Waals surface area contributed by atoms with Crippen LogP contribution < -0.4 is 14.8 Å². The van der Waals surface area contributed by atoms with Crippen LogP contribution in [0.4, 0.5) is 10.5 Å². The second kappa shape index (κ2) is 9.51. The average molecular weight is 520 g/mol.